The van der Waals surface area contributed by atoms with Gasteiger partial charge in [-0.05, 0) is 5.56 Å². The number of primary amides is 1. The smallest absolute Gasteiger partial charge is 0.236 e. The molecule has 0 aliphatic rings. The van der Waals surface area contributed by atoms with Crippen LogP contribution in [0.25, 0.3) is 0 Å². The molecular formula is C11H13ClN2O2. The van der Waals surface area contributed by atoms with Crippen molar-refractivity contribution in [2.24, 2.45) is 5.73 Å². The summed E-state index contributed by atoms with van der Waals surface area (Å²) in [5.41, 5.74) is 5.78. The molecule has 2 atom stereocenters. The molecule has 86 valence electrons. The van der Waals surface area contributed by atoms with Gasteiger partial charge >= 0.3 is 0 Å². The Hall–Kier alpha value is -1.55. The Morgan fingerprint density at radius 3 is 2.31 bits per heavy atom. The summed E-state index contributed by atoms with van der Waals surface area (Å²) in [5.74, 6) is -1.80. The molecule has 1 rings (SSSR count). The number of hydrogen-bond donors (Lipinski definition) is 2. The Balaban J connectivity index is 3.06. The highest BCUT2D eigenvalue weighted by atomic mass is 35.5. The van der Waals surface area contributed by atoms with Crippen molar-refractivity contribution in [1.82, 2.24) is 5.32 Å². The van der Waals surface area contributed by atoms with Crippen molar-refractivity contribution in [3.8, 4) is 0 Å². The fourth-order valence-corrected chi connectivity index (χ4v) is 1.69. The monoisotopic (exact) mass is 240 g/mol. The standard InChI is InChI=1S/C11H13ClN2O2/c1-14-11(16)8(9(12)10(13)15)7-5-3-2-4-6-7/h2-6,8-9H,1H3,(H2,13,15)(H,14,16). The van der Waals surface area contributed by atoms with E-state index in [1.165, 1.54) is 7.05 Å². The zero-order valence-electron chi connectivity index (χ0n) is 8.81. The van der Waals surface area contributed by atoms with E-state index < -0.39 is 17.2 Å². The summed E-state index contributed by atoms with van der Waals surface area (Å²) >= 11 is 5.85. The minimum Gasteiger partial charge on any atom is -0.368 e. The summed E-state index contributed by atoms with van der Waals surface area (Å²) in [6.45, 7) is 0. The van der Waals surface area contributed by atoms with Gasteiger partial charge in [-0.2, -0.15) is 0 Å². The predicted octanol–water partition coefficient (Wildman–Crippen LogP) is 0.609. The molecule has 0 bridgehead atoms. The van der Waals surface area contributed by atoms with Crippen LogP contribution in [-0.2, 0) is 9.59 Å². The van der Waals surface area contributed by atoms with E-state index in [1.807, 2.05) is 6.07 Å². The first kappa shape index (κ1) is 12.5. The predicted molar refractivity (Wildman–Crippen MR) is 62.1 cm³/mol. The molecule has 0 aromatic heterocycles. The highest BCUT2D eigenvalue weighted by Crippen LogP contribution is 2.23. The van der Waals surface area contributed by atoms with Gasteiger partial charge in [0.25, 0.3) is 0 Å². The topological polar surface area (TPSA) is 72.2 Å². The van der Waals surface area contributed by atoms with Gasteiger partial charge in [-0.1, -0.05) is 30.3 Å². The first-order valence-electron chi connectivity index (χ1n) is 4.78. The first-order chi connectivity index (χ1) is 7.57. The molecular weight excluding hydrogens is 228 g/mol. The summed E-state index contributed by atoms with van der Waals surface area (Å²) in [6.07, 6.45) is 0. The molecule has 0 heterocycles. The molecule has 4 nitrogen and oxygen atoms in total. The number of likely N-dealkylation sites (N-methyl/N-ethyl adjacent to an activating group) is 1. The SMILES string of the molecule is CNC(=O)C(c1ccccc1)C(Cl)C(N)=O. The number of hydrogen-bond acceptors (Lipinski definition) is 2. The second-order valence-electron chi connectivity index (χ2n) is 3.31. The van der Waals surface area contributed by atoms with Gasteiger partial charge in [-0.3, -0.25) is 9.59 Å². The molecule has 3 N–H and O–H groups in total. The minimum absolute atomic E-state index is 0.329. The summed E-state index contributed by atoms with van der Waals surface area (Å²) in [5, 5.41) is 1.41. The molecule has 2 amide bonds. The molecule has 0 aliphatic heterocycles. The number of amides is 2. The zero-order chi connectivity index (χ0) is 12.1. The Bertz CT molecular complexity index is 381. The van der Waals surface area contributed by atoms with Crippen molar-refractivity contribution in [3.05, 3.63) is 35.9 Å². The van der Waals surface area contributed by atoms with Gasteiger partial charge in [0.1, 0.15) is 5.38 Å². The average molecular weight is 241 g/mol. The van der Waals surface area contributed by atoms with Crippen LogP contribution in [0.3, 0.4) is 0 Å². The van der Waals surface area contributed by atoms with Gasteiger partial charge in [0.2, 0.25) is 11.8 Å². The Morgan fingerprint density at radius 1 is 1.31 bits per heavy atom. The fourth-order valence-electron chi connectivity index (χ4n) is 1.43. The van der Waals surface area contributed by atoms with Crippen LogP contribution in [0.1, 0.15) is 11.5 Å². The number of nitrogens with one attached hydrogen (secondary N) is 1. The maximum absolute atomic E-state index is 11.7. The molecule has 0 aliphatic carbocycles. The lowest BCUT2D eigenvalue weighted by molar-refractivity contribution is -0.125. The summed E-state index contributed by atoms with van der Waals surface area (Å²) in [7, 11) is 1.49. The van der Waals surface area contributed by atoms with E-state index in [0.29, 0.717) is 5.56 Å². The van der Waals surface area contributed by atoms with Gasteiger partial charge in [0.05, 0.1) is 5.92 Å². The maximum atomic E-state index is 11.7. The quantitative estimate of drug-likeness (QED) is 0.757. The third-order valence-electron chi connectivity index (χ3n) is 2.25. The average Bonchev–Trinajstić information content (AvgIpc) is 2.30. The zero-order valence-corrected chi connectivity index (χ0v) is 9.57. The molecule has 1 aromatic carbocycles. The van der Waals surface area contributed by atoms with Crippen molar-refractivity contribution in [1.29, 1.82) is 0 Å². The van der Waals surface area contributed by atoms with Gasteiger partial charge < -0.3 is 11.1 Å². The van der Waals surface area contributed by atoms with Crippen molar-refractivity contribution >= 4 is 23.4 Å². The van der Waals surface area contributed by atoms with E-state index in [0.717, 1.165) is 0 Å². The third-order valence-corrected chi connectivity index (χ3v) is 2.72. The molecule has 0 fully saturated rings. The van der Waals surface area contributed by atoms with Crippen molar-refractivity contribution in [2.75, 3.05) is 7.05 Å². The number of carbonyl (C=O) groups excluding carboxylic acids is 2. The molecule has 5 heteroatoms. The van der Waals surface area contributed by atoms with Gasteiger partial charge in [0.15, 0.2) is 0 Å². The number of benzene rings is 1. The van der Waals surface area contributed by atoms with Crippen LogP contribution in [0.4, 0.5) is 0 Å². The highest BCUT2D eigenvalue weighted by Gasteiger charge is 2.31. The van der Waals surface area contributed by atoms with E-state index in [-0.39, 0.29) is 5.91 Å². The van der Waals surface area contributed by atoms with Crippen LogP contribution in [0.2, 0.25) is 0 Å². The second-order valence-corrected chi connectivity index (χ2v) is 3.78. The van der Waals surface area contributed by atoms with E-state index in [2.05, 4.69) is 5.32 Å². The molecule has 1 aromatic rings. The normalized spacial score (nSPS) is 13.9. The van der Waals surface area contributed by atoms with Crippen LogP contribution in [-0.4, -0.2) is 24.2 Å². The van der Waals surface area contributed by atoms with Crippen LogP contribution in [0.15, 0.2) is 30.3 Å². The summed E-state index contributed by atoms with van der Waals surface area (Å²) in [6, 6.07) is 8.83. The number of rotatable bonds is 4. The number of carbonyl (C=O) groups is 2. The molecule has 0 saturated carbocycles. The van der Waals surface area contributed by atoms with Crippen LogP contribution >= 0.6 is 11.6 Å². The first-order valence-corrected chi connectivity index (χ1v) is 5.21. The number of halogens is 1. The maximum Gasteiger partial charge on any atom is 0.236 e. The Kier molecular flexibility index (Phi) is 4.31. The van der Waals surface area contributed by atoms with Crippen molar-refractivity contribution in [3.63, 3.8) is 0 Å². The lowest BCUT2D eigenvalue weighted by atomic mass is 9.94. The van der Waals surface area contributed by atoms with E-state index in [1.54, 1.807) is 24.3 Å². The van der Waals surface area contributed by atoms with Crippen molar-refractivity contribution < 1.29 is 9.59 Å². The Labute approximate surface area is 98.8 Å². The summed E-state index contributed by atoms with van der Waals surface area (Å²) in [4.78, 5) is 22.7. The number of alkyl halides is 1. The molecule has 0 saturated heterocycles. The third kappa shape index (κ3) is 2.73. The molecule has 2 unspecified atom stereocenters. The van der Waals surface area contributed by atoms with E-state index >= 15 is 0 Å². The molecule has 16 heavy (non-hydrogen) atoms. The molecule has 0 radical (unpaired) electrons. The van der Waals surface area contributed by atoms with Gasteiger partial charge in [-0.15, -0.1) is 11.6 Å². The van der Waals surface area contributed by atoms with Crippen LogP contribution in [0.5, 0.6) is 0 Å². The lowest BCUT2D eigenvalue weighted by Crippen LogP contribution is -2.38. The van der Waals surface area contributed by atoms with Gasteiger partial charge in [0, 0.05) is 7.05 Å². The van der Waals surface area contributed by atoms with E-state index in [9.17, 15) is 9.59 Å². The van der Waals surface area contributed by atoms with Crippen LogP contribution < -0.4 is 11.1 Å². The largest absolute Gasteiger partial charge is 0.368 e. The minimum atomic E-state index is -1.05. The molecule has 0 spiro atoms. The second kappa shape index (κ2) is 5.51. The van der Waals surface area contributed by atoms with Crippen LogP contribution in [0, 0.1) is 0 Å². The highest BCUT2D eigenvalue weighted by molar-refractivity contribution is 6.32. The Morgan fingerprint density at radius 2 is 1.88 bits per heavy atom. The lowest BCUT2D eigenvalue weighted by Gasteiger charge is -2.18. The fraction of sp³-hybridized carbons (Fsp3) is 0.273. The van der Waals surface area contributed by atoms with E-state index in [4.69, 9.17) is 17.3 Å². The van der Waals surface area contributed by atoms with Crippen molar-refractivity contribution in [2.45, 2.75) is 11.3 Å². The van der Waals surface area contributed by atoms with Gasteiger partial charge in [-0.25, -0.2) is 0 Å². The number of nitrogens with two attached hydrogens (primary N) is 1. The summed E-state index contributed by atoms with van der Waals surface area (Å²) < 4.78 is 0.